The largest absolute Gasteiger partial charge is 0.465 e. The number of piperidine rings is 1. The number of aromatic nitrogens is 2. The fourth-order valence-electron chi connectivity index (χ4n) is 3.80. The van der Waals surface area contributed by atoms with E-state index in [2.05, 4.69) is 52.4 Å². The van der Waals surface area contributed by atoms with Gasteiger partial charge in [-0.3, -0.25) is 10.00 Å². The van der Waals surface area contributed by atoms with Crippen molar-refractivity contribution in [3.63, 3.8) is 0 Å². The van der Waals surface area contributed by atoms with E-state index < -0.39 is 0 Å². The zero-order valence-corrected chi connectivity index (χ0v) is 15.0. The van der Waals surface area contributed by atoms with Crippen molar-refractivity contribution in [2.45, 2.75) is 39.2 Å². The van der Waals surface area contributed by atoms with Gasteiger partial charge in [0.15, 0.2) is 0 Å². The molecular formula is C21H25N3O. The normalized spacial score (nSPS) is 18.6. The minimum absolute atomic E-state index is 0.489. The van der Waals surface area contributed by atoms with E-state index in [1.54, 1.807) is 0 Å². The number of nitrogens with zero attached hydrogens (tertiary/aromatic N) is 2. The summed E-state index contributed by atoms with van der Waals surface area (Å²) in [6, 6.07) is 12.8. The van der Waals surface area contributed by atoms with E-state index in [4.69, 9.17) is 4.42 Å². The number of nitrogens with one attached hydrogen (secondary N) is 1. The molecule has 0 spiro atoms. The third-order valence-corrected chi connectivity index (χ3v) is 5.12. The summed E-state index contributed by atoms with van der Waals surface area (Å²) in [7, 11) is 0. The van der Waals surface area contributed by atoms with Crippen LogP contribution in [-0.4, -0.2) is 28.2 Å². The third-order valence-electron chi connectivity index (χ3n) is 5.12. The van der Waals surface area contributed by atoms with Gasteiger partial charge in [-0.2, -0.15) is 5.10 Å². The Bertz CT molecular complexity index is 831. The van der Waals surface area contributed by atoms with Gasteiger partial charge in [0.1, 0.15) is 11.5 Å². The zero-order valence-electron chi connectivity index (χ0n) is 15.0. The van der Waals surface area contributed by atoms with Crippen molar-refractivity contribution in [2.24, 2.45) is 0 Å². The summed E-state index contributed by atoms with van der Waals surface area (Å²) in [5.41, 5.74) is 5.03. The van der Waals surface area contributed by atoms with Gasteiger partial charge in [0, 0.05) is 23.7 Å². The Morgan fingerprint density at radius 1 is 1.16 bits per heavy atom. The first-order valence-electron chi connectivity index (χ1n) is 9.07. The van der Waals surface area contributed by atoms with Gasteiger partial charge in [0.05, 0.1) is 12.7 Å². The molecule has 0 radical (unpaired) electrons. The van der Waals surface area contributed by atoms with Gasteiger partial charge in [-0.05, 0) is 50.9 Å². The quantitative estimate of drug-likeness (QED) is 0.754. The van der Waals surface area contributed by atoms with Crippen LogP contribution in [0.1, 0.15) is 41.5 Å². The number of furan rings is 1. The summed E-state index contributed by atoms with van der Waals surface area (Å²) in [5.74, 6) is 2.53. The molecule has 0 saturated carbocycles. The molecule has 25 heavy (non-hydrogen) atoms. The molecule has 0 bridgehead atoms. The molecule has 0 amide bonds. The van der Waals surface area contributed by atoms with Crippen LogP contribution in [0.15, 0.2) is 47.0 Å². The highest BCUT2D eigenvalue weighted by Crippen LogP contribution is 2.33. The van der Waals surface area contributed by atoms with Crippen LogP contribution in [0.4, 0.5) is 0 Å². The number of benzene rings is 1. The minimum Gasteiger partial charge on any atom is -0.465 e. The third kappa shape index (κ3) is 3.54. The minimum atomic E-state index is 0.489. The van der Waals surface area contributed by atoms with Crippen molar-refractivity contribution < 1.29 is 4.42 Å². The highest BCUT2D eigenvalue weighted by atomic mass is 16.3. The van der Waals surface area contributed by atoms with E-state index in [1.807, 2.05) is 19.2 Å². The molecule has 4 heteroatoms. The number of rotatable bonds is 4. The summed E-state index contributed by atoms with van der Waals surface area (Å²) in [6.45, 7) is 7.18. The Morgan fingerprint density at radius 3 is 2.76 bits per heavy atom. The van der Waals surface area contributed by atoms with Crippen LogP contribution < -0.4 is 0 Å². The van der Waals surface area contributed by atoms with E-state index in [0.717, 1.165) is 31.2 Å². The Morgan fingerprint density at radius 2 is 2.00 bits per heavy atom. The lowest BCUT2D eigenvalue weighted by Crippen LogP contribution is -2.34. The number of aromatic amines is 1. The molecular weight excluding hydrogens is 310 g/mol. The van der Waals surface area contributed by atoms with E-state index in [-0.39, 0.29) is 0 Å². The predicted octanol–water partition coefficient (Wildman–Crippen LogP) is 4.67. The van der Waals surface area contributed by atoms with Gasteiger partial charge >= 0.3 is 0 Å². The fourth-order valence-corrected chi connectivity index (χ4v) is 3.80. The number of hydrogen-bond donors (Lipinski definition) is 1. The van der Waals surface area contributed by atoms with Gasteiger partial charge in [0.25, 0.3) is 0 Å². The van der Waals surface area contributed by atoms with Crippen LogP contribution in [0.3, 0.4) is 0 Å². The molecule has 4 rings (SSSR count). The molecule has 1 fully saturated rings. The van der Waals surface area contributed by atoms with Crippen molar-refractivity contribution in [1.82, 2.24) is 15.1 Å². The Hall–Kier alpha value is -2.33. The maximum atomic E-state index is 5.75. The van der Waals surface area contributed by atoms with Crippen LogP contribution in [0.25, 0.3) is 11.1 Å². The molecule has 2 aromatic heterocycles. The number of aryl methyl sites for hydroxylation is 2. The molecule has 1 aromatic carbocycles. The maximum Gasteiger partial charge on any atom is 0.118 e. The van der Waals surface area contributed by atoms with Crippen molar-refractivity contribution >= 4 is 0 Å². The van der Waals surface area contributed by atoms with Crippen molar-refractivity contribution in [3.8, 4) is 11.1 Å². The molecule has 1 atom stereocenters. The standard InChI is InChI=1S/C21H25N3O/c1-15-5-8-17(9-6-15)20-12-22-23-21(20)18-4-3-11-24(13-18)14-19-10-7-16(2)25-19/h5-10,12,18H,3-4,11,13-14H2,1-2H3,(H,22,23)/t18-/m1/s1. The second-order valence-electron chi connectivity index (χ2n) is 7.15. The number of likely N-dealkylation sites (tertiary alicyclic amines) is 1. The SMILES string of the molecule is Cc1ccc(-c2cn[nH]c2[C@@H]2CCCN(Cc3ccc(C)o3)C2)cc1. The molecule has 4 nitrogen and oxygen atoms in total. The molecule has 1 aliphatic rings. The maximum absolute atomic E-state index is 5.75. The monoisotopic (exact) mass is 335 g/mol. The van der Waals surface area contributed by atoms with E-state index in [0.29, 0.717) is 5.92 Å². The van der Waals surface area contributed by atoms with E-state index in [9.17, 15) is 0 Å². The second-order valence-corrected chi connectivity index (χ2v) is 7.15. The zero-order chi connectivity index (χ0) is 17.2. The van der Waals surface area contributed by atoms with Gasteiger partial charge in [0.2, 0.25) is 0 Å². The van der Waals surface area contributed by atoms with Gasteiger partial charge in [-0.1, -0.05) is 29.8 Å². The lowest BCUT2D eigenvalue weighted by Gasteiger charge is -2.32. The first kappa shape index (κ1) is 16.2. The van der Waals surface area contributed by atoms with Gasteiger partial charge < -0.3 is 4.42 Å². The summed E-state index contributed by atoms with van der Waals surface area (Å²) >= 11 is 0. The molecule has 1 aliphatic heterocycles. The smallest absolute Gasteiger partial charge is 0.118 e. The van der Waals surface area contributed by atoms with Crippen LogP contribution >= 0.6 is 0 Å². The van der Waals surface area contributed by atoms with Gasteiger partial charge in [-0.15, -0.1) is 0 Å². The summed E-state index contributed by atoms with van der Waals surface area (Å²) < 4.78 is 5.75. The summed E-state index contributed by atoms with van der Waals surface area (Å²) in [6.07, 6.45) is 4.38. The number of H-pyrrole nitrogens is 1. The molecule has 0 aliphatic carbocycles. The summed E-state index contributed by atoms with van der Waals surface area (Å²) in [5, 5.41) is 7.62. The lowest BCUT2D eigenvalue weighted by molar-refractivity contribution is 0.184. The molecule has 130 valence electrons. The fraction of sp³-hybridized carbons (Fsp3) is 0.381. The average molecular weight is 335 g/mol. The van der Waals surface area contributed by atoms with Crippen LogP contribution in [0.5, 0.6) is 0 Å². The predicted molar refractivity (Wildman–Crippen MR) is 99.5 cm³/mol. The molecule has 3 aromatic rings. The van der Waals surface area contributed by atoms with Crippen molar-refractivity contribution in [3.05, 3.63) is 65.4 Å². The lowest BCUT2D eigenvalue weighted by atomic mass is 9.90. The van der Waals surface area contributed by atoms with Gasteiger partial charge in [-0.25, -0.2) is 0 Å². The van der Waals surface area contributed by atoms with Crippen LogP contribution in [0.2, 0.25) is 0 Å². The Balaban J connectivity index is 1.52. The second kappa shape index (κ2) is 6.89. The molecule has 3 heterocycles. The summed E-state index contributed by atoms with van der Waals surface area (Å²) in [4.78, 5) is 2.49. The van der Waals surface area contributed by atoms with Crippen molar-refractivity contribution in [1.29, 1.82) is 0 Å². The highest BCUT2D eigenvalue weighted by Gasteiger charge is 2.25. The average Bonchev–Trinajstić information content (AvgIpc) is 3.25. The molecule has 1 N–H and O–H groups in total. The topological polar surface area (TPSA) is 45.1 Å². The van der Waals surface area contributed by atoms with Crippen LogP contribution in [0, 0.1) is 13.8 Å². The van der Waals surface area contributed by atoms with Crippen molar-refractivity contribution in [2.75, 3.05) is 13.1 Å². The Kier molecular flexibility index (Phi) is 4.45. The molecule has 1 saturated heterocycles. The van der Waals surface area contributed by atoms with Crippen LogP contribution in [-0.2, 0) is 6.54 Å². The molecule has 0 unspecified atom stereocenters. The first-order chi connectivity index (χ1) is 12.2. The van der Waals surface area contributed by atoms with E-state index >= 15 is 0 Å². The van der Waals surface area contributed by atoms with E-state index in [1.165, 1.54) is 35.2 Å². The Labute approximate surface area is 148 Å². The first-order valence-corrected chi connectivity index (χ1v) is 9.07. The number of hydrogen-bond acceptors (Lipinski definition) is 3. The highest BCUT2D eigenvalue weighted by molar-refractivity contribution is 5.66.